The van der Waals surface area contributed by atoms with Crippen molar-refractivity contribution in [1.29, 1.82) is 0 Å². The Morgan fingerprint density at radius 2 is 1.72 bits per heavy atom. The topological polar surface area (TPSA) is 12.2 Å². The summed E-state index contributed by atoms with van der Waals surface area (Å²) in [7, 11) is 1.66. The molecule has 25 heavy (non-hydrogen) atoms. The average Bonchev–Trinajstić information content (AvgIpc) is 3.39. The molecule has 2 fully saturated rings. The molecule has 2 aromatic rings. The maximum Gasteiger partial charge on any atom is 0.408 e. The van der Waals surface area contributed by atoms with E-state index in [9.17, 15) is 0 Å². The zero-order chi connectivity index (χ0) is 17.8. The molecule has 0 N–H and O–H groups in total. The molecule has 0 saturated carbocycles. The summed E-state index contributed by atoms with van der Waals surface area (Å²) < 4.78 is 5.55. The summed E-state index contributed by atoms with van der Waals surface area (Å²) >= 11 is 12.1. The SMILES string of the molecule is C1CCN2CC2C1.Cc1ccc([B]Oc2ccc(C)c(Cl)c2)cc1Cl. The van der Waals surface area contributed by atoms with E-state index in [1.165, 1.54) is 32.4 Å². The van der Waals surface area contributed by atoms with Crippen LogP contribution in [-0.2, 0) is 0 Å². The summed E-state index contributed by atoms with van der Waals surface area (Å²) in [5.41, 5.74) is 3.00. The van der Waals surface area contributed by atoms with Crippen molar-refractivity contribution in [2.24, 2.45) is 0 Å². The highest BCUT2D eigenvalue weighted by molar-refractivity contribution is 6.48. The van der Waals surface area contributed by atoms with Gasteiger partial charge in [0.25, 0.3) is 0 Å². The Morgan fingerprint density at radius 1 is 1.00 bits per heavy atom. The Bertz CT molecular complexity index is 676. The second-order valence-corrected chi connectivity index (χ2v) is 7.61. The number of piperidine rings is 1. The number of aryl methyl sites for hydroxylation is 2. The van der Waals surface area contributed by atoms with Crippen LogP contribution in [0.1, 0.15) is 30.4 Å². The molecular formula is C20H23BCl2NO. The van der Waals surface area contributed by atoms with E-state index in [1.54, 1.807) is 13.5 Å². The second-order valence-electron chi connectivity index (χ2n) is 6.80. The van der Waals surface area contributed by atoms with Crippen LogP contribution < -0.4 is 10.1 Å². The lowest BCUT2D eigenvalue weighted by Crippen LogP contribution is -2.20. The van der Waals surface area contributed by atoms with Crippen LogP contribution in [0.25, 0.3) is 0 Å². The molecule has 2 aliphatic heterocycles. The van der Waals surface area contributed by atoms with Crippen molar-refractivity contribution in [3.05, 3.63) is 57.6 Å². The molecule has 2 aliphatic rings. The lowest BCUT2D eigenvalue weighted by molar-refractivity contribution is 0.410. The van der Waals surface area contributed by atoms with Gasteiger partial charge in [-0.2, -0.15) is 0 Å². The van der Waals surface area contributed by atoms with E-state index >= 15 is 0 Å². The van der Waals surface area contributed by atoms with Gasteiger partial charge in [-0.3, -0.25) is 4.90 Å². The van der Waals surface area contributed by atoms with Crippen molar-refractivity contribution >= 4 is 36.1 Å². The Morgan fingerprint density at radius 3 is 2.32 bits per heavy atom. The largest absolute Gasteiger partial charge is 0.558 e. The monoisotopic (exact) mass is 374 g/mol. The molecule has 0 spiro atoms. The predicted octanol–water partition coefficient (Wildman–Crippen LogP) is 4.79. The molecule has 0 bridgehead atoms. The molecule has 2 unspecified atom stereocenters. The van der Waals surface area contributed by atoms with Gasteiger partial charge in [-0.25, -0.2) is 0 Å². The summed E-state index contributed by atoms with van der Waals surface area (Å²) in [6.07, 6.45) is 4.43. The van der Waals surface area contributed by atoms with Crippen LogP contribution in [0.15, 0.2) is 36.4 Å². The summed E-state index contributed by atoms with van der Waals surface area (Å²) in [5.74, 6) is 0.710. The van der Waals surface area contributed by atoms with Crippen LogP contribution in [0.4, 0.5) is 0 Å². The van der Waals surface area contributed by atoms with Gasteiger partial charge in [0, 0.05) is 22.6 Å². The number of nitrogens with zero attached hydrogens (tertiary/aromatic N) is 1. The number of hydrogen-bond acceptors (Lipinski definition) is 2. The summed E-state index contributed by atoms with van der Waals surface area (Å²) in [4.78, 5) is 2.56. The van der Waals surface area contributed by atoms with Gasteiger partial charge in [0.15, 0.2) is 0 Å². The first-order valence-corrected chi connectivity index (χ1v) is 9.55. The van der Waals surface area contributed by atoms with Gasteiger partial charge < -0.3 is 4.65 Å². The van der Waals surface area contributed by atoms with Crippen molar-refractivity contribution in [2.75, 3.05) is 13.1 Å². The Labute approximate surface area is 161 Å². The van der Waals surface area contributed by atoms with E-state index in [4.69, 9.17) is 27.9 Å². The quantitative estimate of drug-likeness (QED) is 0.565. The third-order valence-corrected chi connectivity index (χ3v) is 5.55. The second kappa shape index (κ2) is 8.48. The van der Waals surface area contributed by atoms with E-state index in [0.29, 0.717) is 10.8 Å². The molecule has 2 atom stereocenters. The highest BCUT2D eigenvalue weighted by Crippen LogP contribution is 2.27. The number of rotatable bonds is 3. The number of benzene rings is 2. The fraction of sp³-hybridized carbons (Fsp3) is 0.400. The van der Waals surface area contributed by atoms with E-state index in [2.05, 4.69) is 4.90 Å². The third-order valence-electron chi connectivity index (χ3n) is 4.73. The standard InChI is InChI=1S/C14H12BCl2O.C6H11N/c1-9-3-5-11(7-13(9)16)15-18-12-6-4-10(2)14(17)8-12;1-2-4-7-5-6(7)3-1/h3-8H,1-2H3;6H,1-5H2. The van der Waals surface area contributed by atoms with Crippen molar-refractivity contribution in [3.8, 4) is 5.75 Å². The van der Waals surface area contributed by atoms with E-state index in [1.807, 2.05) is 44.2 Å². The van der Waals surface area contributed by atoms with Crippen molar-refractivity contribution in [3.63, 3.8) is 0 Å². The molecular weight excluding hydrogens is 352 g/mol. The Kier molecular flexibility index (Phi) is 6.32. The van der Waals surface area contributed by atoms with Gasteiger partial charge in [0.05, 0.1) is 0 Å². The number of halogens is 2. The zero-order valence-corrected chi connectivity index (χ0v) is 16.3. The fourth-order valence-corrected chi connectivity index (χ4v) is 3.29. The minimum absolute atomic E-state index is 0.697. The molecule has 1 radical (unpaired) electrons. The smallest absolute Gasteiger partial charge is 0.408 e. The van der Waals surface area contributed by atoms with Crippen LogP contribution in [0.5, 0.6) is 5.75 Å². The maximum atomic E-state index is 6.04. The number of hydrogen-bond donors (Lipinski definition) is 0. The first-order chi connectivity index (χ1) is 12.0. The molecule has 0 aromatic heterocycles. The summed E-state index contributed by atoms with van der Waals surface area (Å²) in [6.45, 7) is 6.73. The molecule has 0 aliphatic carbocycles. The van der Waals surface area contributed by atoms with E-state index in [-0.39, 0.29) is 0 Å². The first-order valence-electron chi connectivity index (χ1n) is 8.79. The molecule has 0 amide bonds. The minimum atomic E-state index is 0.697. The molecule has 2 saturated heterocycles. The van der Waals surface area contributed by atoms with Crippen LogP contribution >= 0.6 is 23.2 Å². The van der Waals surface area contributed by atoms with Crippen molar-refractivity contribution in [2.45, 2.75) is 39.2 Å². The highest BCUT2D eigenvalue weighted by Gasteiger charge is 2.34. The van der Waals surface area contributed by atoms with Crippen molar-refractivity contribution in [1.82, 2.24) is 4.90 Å². The van der Waals surface area contributed by atoms with Crippen LogP contribution in [0.2, 0.25) is 10.0 Å². The van der Waals surface area contributed by atoms with Crippen LogP contribution in [0.3, 0.4) is 0 Å². The first kappa shape index (κ1) is 18.6. The molecule has 2 aromatic carbocycles. The molecule has 2 heterocycles. The van der Waals surface area contributed by atoms with E-state index in [0.717, 1.165) is 27.7 Å². The van der Waals surface area contributed by atoms with Gasteiger partial charge in [-0.05, 0) is 68.0 Å². The number of fused-ring (bicyclic) bond motifs is 1. The van der Waals surface area contributed by atoms with Crippen LogP contribution in [-0.4, -0.2) is 31.5 Å². The summed E-state index contributed by atoms with van der Waals surface area (Å²) in [5, 5.41) is 1.43. The third kappa shape index (κ3) is 5.41. The Hall–Kier alpha value is -1.16. The zero-order valence-electron chi connectivity index (χ0n) is 14.8. The van der Waals surface area contributed by atoms with Gasteiger partial charge in [-0.15, -0.1) is 0 Å². The lowest BCUT2D eigenvalue weighted by atomic mass is 9.87. The van der Waals surface area contributed by atoms with Gasteiger partial charge in [0.2, 0.25) is 0 Å². The summed E-state index contributed by atoms with van der Waals surface area (Å²) in [6, 6.07) is 12.4. The van der Waals surface area contributed by atoms with Gasteiger partial charge >= 0.3 is 7.48 Å². The van der Waals surface area contributed by atoms with Crippen molar-refractivity contribution < 1.29 is 4.65 Å². The van der Waals surface area contributed by atoms with Gasteiger partial charge in [0.1, 0.15) is 5.75 Å². The normalized spacial score (nSPS) is 20.8. The molecule has 4 rings (SSSR count). The van der Waals surface area contributed by atoms with Crippen LogP contribution in [0, 0.1) is 13.8 Å². The van der Waals surface area contributed by atoms with Gasteiger partial charge in [-0.1, -0.05) is 47.8 Å². The highest BCUT2D eigenvalue weighted by atomic mass is 35.5. The fourth-order valence-electron chi connectivity index (χ4n) is 2.93. The maximum absolute atomic E-state index is 6.04. The Balaban J connectivity index is 0.000000213. The van der Waals surface area contributed by atoms with E-state index < -0.39 is 0 Å². The average molecular weight is 375 g/mol. The lowest BCUT2D eigenvalue weighted by Gasteiger charge is -2.07. The minimum Gasteiger partial charge on any atom is -0.558 e. The molecule has 5 heteroatoms. The molecule has 131 valence electrons. The molecule has 2 nitrogen and oxygen atoms in total. The predicted molar refractivity (Wildman–Crippen MR) is 108 cm³/mol.